The number of hydrogen-bond acceptors (Lipinski definition) is 4. The van der Waals surface area contributed by atoms with Gasteiger partial charge in [0.2, 0.25) is 0 Å². The number of aryl methyl sites for hydroxylation is 1. The molecule has 128 valence electrons. The van der Waals surface area contributed by atoms with Crippen molar-refractivity contribution in [1.29, 1.82) is 0 Å². The summed E-state index contributed by atoms with van der Waals surface area (Å²) in [6.45, 7) is 1.90. The molecule has 2 N–H and O–H groups in total. The van der Waals surface area contributed by atoms with Gasteiger partial charge in [-0.25, -0.2) is 5.43 Å². The average molecular weight is 337 g/mol. The van der Waals surface area contributed by atoms with Crippen molar-refractivity contribution in [3.63, 3.8) is 0 Å². The van der Waals surface area contributed by atoms with Crippen molar-refractivity contribution in [3.8, 4) is 11.5 Å². The summed E-state index contributed by atoms with van der Waals surface area (Å²) in [6, 6.07) is 13.0. The van der Waals surface area contributed by atoms with Crippen LogP contribution in [-0.2, 0) is 0 Å². The van der Waals surface area contributed by atoms with Gasteiger partial charge < -0.3 is 14.5 Å². The van der Waals surface area contributed by atoms with Crippen molar-refractivity contribution in [2.45, 2.75) is 6.92 Å². The standard InChI is InChI=1S/C19H19N3O3/c1-12-16-9-8-15(25-3)10-17(16)21-18(12)19(23)22-20-11-13-4-6-14(24-2)7-5-13/h4-11,21H,1-3H3,(H,22,23). The number of carbonyl (C=O) groups excluding carboxylic acids is 1. The van der Waals surface area contributed by atoms with E-state index in [0.29, 0.717) is 5.69 Å². The molecule has 0 aliphatic carbocycles. The van der Waals surface area contributed by atoms with Crippen LogP contribution < -0.4 is 14.9 Å². The maximum atomic E-state index is 12.4. The number of methoxy groups -OCH3 is 2. The maximum Gasteiger partial charge on any atom is 0.288 e. The number of amides is 1. The minimum absolute atomic E-state index is 0.294. The Labute approximate surface area is 145 Å². The lowest BCUT2D eigenvalue weighted by Crippen LogP contribution is -2.18. The molecule has 0 radical (unpaired) electrons. The van der Waals surface area contributed by atoms with Crippen LogP contribution in [-0.4, -0.2) is 31.3 Å². The third-order valence-electron chi connectivity index (χ3n) is 3.99. The van der Waals surface area contributed by atoms with Crippen molar-refractivity contribution >= 4 is 23.0 Å². The van der Waals surface area contributed by atoms with Gasteiger partial charge in [0.1, 0.15) is 17.2 Å². The molecule has 0 unspecified atom stereocenters. The van der Waals surface area contributed by atoms with Gasteiger partial charge >= 0.3 is 0 Å². The quantitative estimate of drug-likeness (QED) is 0.554. The minimum atomic E-state index is -0.294. The van der Waals surface area contributed by atoms with Crippen molar-refractivity contribution in [3.05, 3.63) is 59.3 Å². The largest absolute Gasteiger partial charge is 0.497 e. The number of aromatic amines is 1. The fraction of sp³-hybridized carbons (Fsp3) is 0.158. The molecular formula is C19H19N3O3. The van der Waals surface area contributed by atoms with Gasteiger partial charge in [-0.15, -0.1) is 0 Å². The van der Waals surface area contributed by atoms with Crippen LogP contribution in [0.3, 0.4) is 0 Å². The topological polar surface area (TPSA) is 75.7 Å². The van der Waals surface area contributed by atoms with E-state index >= 15 is 0 Å². The number of carbonyl (C=O) groups is 1. The molecular weight excluding hydrogens is 318 g/mol. The zero-order chi connectivity index (χ0) is 17.8. The molecule has 6 nitrogen and oxygen atoms in total. The first-order valence-corrected chi connectivity index (χ1v) is 7.76. The second kappa shape index (κ2) is 7.09. The molecule has 25 heavy (non-hydrogen) atoms. The number of aromatic nitrogens is 1. The first kappa shape index (κ1) is 16.6. The lowest BCUT2D eigenvalue weighted by atomic mass is 10.1. The van der Waals surface area contributed by atoms with E-state index in [0.717, 1.165) is 33.5 Å². The number of ether oxygens (including phenoxy) is 2. The van der Waals surface area contributed by atoms with Crippen LogP contribution in [0.2, 0.25) is 0 Å². The smallest absolute Gasteiger partial charge is 0.288 e. The molecule has 0 spiro atoms. The van der Waals surface area contributed by atoms with Gasteiger partial charge in [0.25, 0.3) is 5.91 Å². The highest BCUT2D eigenvalue weighted by atomic mass is 16.5. The van der Waals surface area contributed by atoms with E-state index in [1.54, 1.807) is 20.4 Å². The van der Waals surface area contributed by atoms with Gasteiger partial charge in [-0.05, 0) is 54.4 Å². The Morgan fingerprint density at radius 3 is 2.44 bits per heavy atom. The van der Waals surface area contributed by atoms with Crippen LogP contribution in [0.5, 0.6) is 11.5 Å². The second-order valence-electron chi connectivity index (χ2n) is 5.51. The molecule has 0 bridgehead atoms. The Morgan fingerprint density at radius 2 is 1.76 bits per heavy atom. The van der Waals surface area contributed by atoms with E-state index in [4.69, 9.17) is 9.47 Å². The summed E-state index contributed by atoms with van der Waals surface area (Å²) in [5.74, 6) is 1.21. The molecule has 1 amide bonds. The van der Waals surface area contributed by atoms with E-state index in [2.05, 4.69) is 15.5 Å². The van der Waals surface area contributed by atoms with E-state index in [9.17, 15) is 4.79 Å². The Kier molecular flexibility index (Phi) is 4.70. The summed E-state index contributed by atoms with van der Waals surface area (Å²) in [6.07, 6.45) is 1.58. The van der Waals surface area contributed by atoms with Gasteiger partial charge in [0.05, 0.1) is 20.4 Å². The number of fused-ring (bicyclic) bond motifs is 1. The van der Waals surface area contributed by atoms with Crippen LogP contribution in [0.1, 0.15) is 21.6 Å². The molecule has 6 heteroatoms. The van der Waals surface area contributed by atoms with E-state index < -0.39 is 0 Å². The molecule has 0 atom stereocenters. The van der Waals surface area contributed by atoms with Crippen LogP contribution in [0, 0.1) is 6.92 Å². The van der Waals surface area contributed by atoms with Crippen molar-refractivity contribution in [2.75, 3.05) is 14.2 Å². The predicted octanol–water partition coefficient (Wildman–Crippen LogP) is 3.26. The van der Waals surface area contributed by atoms with Gasteiger partial charge in [-0.1, -0.05) is 0 Å². The fourth-order valence-electron chi connectivity index (χ4n) is 2.58. The zero-order valence-electron chi connectivity index (χ0n) is 14.3. The summed E-state index contributed by atoms with van der Waals surface area (Å²) in [4.78, 5) is 15.5. The summed E-state index contributed by atoms with van der Waals surface area (Å²) >= 11 is 0. The van der Waals surface area contributed by atoms with Gasteiger partial charge in [-0.2, -0.15) is 5.10 Å². The first-order valence-electron chi connectivity index (χ1n) is 7.76. The maximum absolute atomic E-state index is 12.4. The minimum Gasteiger partial charge on any atom is -0.497 e. The monoisotopic (exact) mass is 337 g/mol. The molecule has 1 heterocycles. The summed E-state index contributed by atoms with van der Waals surface area (Å²) in [5, 5.41) is 4.99. The number of hydrazone groups is 1. The highest BCUT2D eigenvalue weighted by Crippen LogP contribution is 2.25. The average Bonchev–Trinajstić information content (AvgIpc) is 2.98. The molecule has 0 aliphatic heterocycles. The van der Waals surface area contributed by atoms with Crippen LogP contribution in [0.25, 0.3) is 10.9 Å². The molecule has 1 aromatic heterocycles. The van der Waals surface area contributed by atoms with Crippen molar-refractivity contribution in [2.24, 2.45) is 5.10 Å². The normalized spacial score (nSPS) is 11.0. The molecule has 0 aliphatic rings. The van der Waals surface area contributed by atoms with Gasteiger partial charge in [0.15, 0.2) is 0 Å². The molecule has 0 fully saturated rings. The van der Waals surface area contributed by atoms with E-state index in [1.165, 1.54) is 0 Å². The van der Waals surface area contributed by atoms with E-state index in [1.807, 2.05) is 49.4 Å². The third-order valence-corrected chi connectivity index (χ3v) is 3.99. The highest BCUT2D eigenvalue weighted by Gasteiger charge is 2.14. The summed E-state index contributed by atoms with van der Waals surface area (Å²) in [7, 11) is 3.22. The molecule has 3 aromatic rings. The summed E-state index contributed by atoms with van der Waals surface area (Å²) in [5.41, 5.74) is 5.60. The van der Waals surface area contributed by atoms with E-state index in [-0.39, 0.29) is 5.91 Å². The lowest BCUT2D eigenvalue weighted by molar-refractivity contribution is 0.0950. The predicted molar refractivity (Wildman–Crippen MR) is 97.6 cm³/mol. The van der Waals surface area contributed by atoms with Crippen LogP contribution >= 0.6 is 0 Å². The number of nitrogens with zero attached hydrogens (tertiary/aromatic N) is 1. The number of benzene rings is 2. The number of rotatable bonds is 5. The Balaban J connectivity index is 1.75. The van der Waals surface area contributed by atoms with Crippen molar-refractivity contribution in [1.82, 2.24) is 10.4 Å². The Morgan fingerprint density at radius 1 is 1.08 bits per heavy atom. The Hall–Kier alpha value is -3.28. The second-order valence-corrected chi connectivity index (χ2v) is 5.51. The molecule has 2 aromatic carbocycles. The SMILES string of the molecule is COc1ccc(C=NNC(=O)c2[nH]c3cc(OC)ccc3c2C)cc1. The van der Waals surface area contributed by atoms with Gasteiger partial charge in [-0.3, -0.25) is 4.79 Å². The first-order chi connectivity index (χ1) is 12.1. The zero-order valence-corrected chi connectivity index (χ0v) is 14.3. The number of nitrogens with one attached hydrogen (secondary N) is 2. The third kappa shape index (κ3) is 3.47. The van der Waals surface area contributed by atoms with Crippen LogP contribution in [0.15, 0.2) is 47.6 Å². The molecule has 0 saturated heterocycles. The van der Waals surface area contributed by atoms with Crippen LogP contribution in [0.4, 0.5) is 0 Å². The molecule has 3 rings (SSSR count). The number of H-pyrrole nitrogens is 1. The highest BCUT2D eigenvalue weighted by molar-refractivity contribution is 6.01. The van der Waals surface area contributed by atoms with Crippen molar-refractivity contribution < 1.29 is 14.3 Å². The molecule has 0 saturated carbocycles. The van der Waals surface area contributed by atoms with Gasteiger partial charge in [0, 0.05) is 17.0 Å². The lowest BCUT2D eigenvalue weighted by Gasteiger charge is -2.00. The fourth-order valence-corrected chi connectivity index (χ4v) is 2.58. The number of hydrogen-bond donors (Lipinski definition) is 2. The Bertz CT molecular complexity index is 927. The summed E-state index contributed by atoms with van der Waals surface area (Å²) < 4.78 is 10.3.